The molecule has 3 N–H and O–H groups in total. The predicted molar refractivity (Wildman–Crippen MR) is 138 cm³/mol. The fraction of sp³-hybridized carbons (Fsp3) is 1.00. The van der Waals surface area contributed by atoms with E-state index < -0.39 is 0 Å². The van der Waals surface area contributed by atoms with Crippen LogP contribution in [0, 0.1) is 11.8 Å². The molecule has 0 spiro atoms. The Bertz CT molecular complexity index is 421. The van der Waals surface area contributed by atoms with Gasteiger partial charge in [-0.1, -0.05) is 58.3 Å². The fourth-order valence-corrected chi connectivity index (χ4v) is 5.19. The van der Waals surface area contributed by atoms with E-state index in [-0.39, 0.29) is 5.54 Å². The summed E-state index contributed by atoms with van der Waals surface area (Å²) in [6.07, 6.45) is 19.1. The van der Waals surface area contributed by atoms with Gasteiger partial charge in [-0.05, 0) is 64.5 Å². The normalized spacial score (nSPS) is 23.4. The van der Waals surface area contributed by atoms with Crippen LogP contribution in [-0.2, 0) is 0 Å². The molecule has 1 atom stereocenters. The van der Waals surface area contributed by atoms with Crippen LogP contribution in [0.15, 0.2) is 0 Å². The number of rotatable bonds is 18. The van der Waals surface area contributed by atoms with Crippen molar-refractivity contribution in [3.63, 3.8) is 0 Å². The van der Waals surface area contributed by atoms with Crippen LogP contribution < -0.4 is 11.1 Å². The van der Waals surface area contributed by atoms with E-state index in [0.29, 0.717) is 0 Å². The highest BCUT2D eigenvalue weighted by Crippen LogP contribution is 2.28. The number of nitrogens with one attached hydrogen (secondary N) is 1. The maximum atomic E-state index is 6.05. The Balaban J connectivity index is 2.03. The van der Waals surface area contributed by atoms with Gasteiger partial charge >= 0.3 is 0 Å². The lowest BCUT2D eigenvalue weighted by Gasteiger charge is -2.44. The number of quaternary nitrogens is 1. The lowest BCUT2D eigenvalue weighted by molar-refractivity contribution is -1.02. The van der Waals surface area contributed by atoms with Crippen LogP contribution in [0.2, 0.25) is 0 Å². The number of likely N-dealkylation sites (tertiary alicyclic amines) is 1. The molecule has 1 saturated heterocycles. The van der Waals surface area contributed by atoms with Crippen molar-refractivity contribution in [3.8, 4) is 0 Å². The number of nitrogens with two attached hydrogens (primary N) is 1. The molecule has 0 aromatic heterocycles. The van der Waals surface area contributed by atoms with Crippen molar-refractivity contribution in [2.75, 3.05) is 47.3 Å². The molecule has 0 radical (unpaired) electrons. The van der Waals surface area contributed by atoms with Crippen molar-refractivity contribution in [2.45, 2.75) is 116 Å². The van der Waals surface area contributed by atoms with E-state index in [1.54, 1.807) is 0 Å². The van der Waals surface area contributed by atoms with Crippen LogP contribution in [-0.4, -0.2) is 62.5 Å². The summed E-state index contributed by atoms with van der Waals surface area (Å²) < 4.78 is 1.13. The van der Waals surface area contributed by atoms with Crippen LogP contribution in [0.25, 0.3) is 0 Å². The summed E-state index contributed by atoms with van der Waals surface area (Å²) in [5, 5.41) is 6.11. The summed E-state index contributed by atoms with van der Waals surface area (Å²) in [7, 11) is 6.85. The monoisotopic (exact) mass is 439 g/mol. The molecule has 0 aromatic rings. The van der Waals surface area contributed by atoms with Gasteiger partial charge in [0.25, 0.3) is 0 Å². The summed E-state index contributed by atoms with van der Waals surface area (Å²) in [4.78, 5) is 0. The van der Waals surface area contributed by atoms with Gasteiger partial charge < -0.3 is 11.1 Å². The molecule has 0 amide bonds. The third-order valence-corrected chi connectivity index (χ3v) is 7.83. The second-order valence-electron chi connectivity index (χ2n) is 11.7. The second kappa shape index (κ2) is 15.6. The minimum absolute atomic E-state index is 0.0137. The zero-order valence-corrected chi connectivity index (χ0v) is 22.4. The highest BCUT2D eigenvalue weighted by Gasteiger charge is 2.32. The molecule has 1 heterocycles. The molecular formula is C27H59N4+. The topological polar surface area (TPSA) is 41.3 Å². The van der Waals surface area contributed by atoms with E-state index in [2.05, 4.69) is 52.2 Å². The summed E-state index contributed by atoms with van der Waals surface area (Å²) in [6, 6.07) is 0. The molecule has 186 valence electrons. The quantitative estimate of drug-likeness (QED) is 0.204. The van der Waals surface area contributed by atoms with Gasteiger partial charge in [-0.25, -0.2) is 4.59 Å². The van der Waals surface area contributed by atoms with Gasteiger partial charge in [-0.3, -0.25) is 0 Å². The lowest BCUT2D eigenvalue weighted by atomic mass is 9.87. The lowest BCUT2D eigenvalue weighted by Crippen LogP contribution is -2.57. The Morgan fingerprint density at radius 2 is 1.58 bits per heavy atom. The standard InChI is InChI=1S/C27H59N4/c1-7-14-25(15-13-16-26-18-23-31(6,24-19-26)30(4)5)17-22-29-21-12-10-8-9-11-20-27(2,3)28/h25-26,29H,7-24,28H2,1-6H3/q+1. The molecule has 0 saturated carbocycles. The van der Waals surface area contributed by atoms with E-state index in [1.807, 2.05) is 0 Å². The number of nitrogens with zero attached hydrogens (tertiary/aromatic N) is 2. The van der Waals surface area contributed by atoms with E-state index >= 15 is 0 Å². The van der Waals surface area contributed by atoms with Crippen molar-refractivity contribution < 1.29 is 4.59 Å². The Morgan fingerprint density at radius 3 is 2.19 bits per heavy atom. The van der Waals surface area contributed by atoms with Crippen LogP contribution >= 0.6 is 0 Å². The maximum absolute atomic E-state index is 6.05. The summed E-state index contributed by atoms with van der Waals surface area (Å²) >= 11 is 0. The minimum atomic E-state index is 0.0137. The zero-order valence-electron chi connectivity index (χ0n) is 22.4. The van der Waals surface area contributed by atoms with Crippen LogP contribution in [0.5, 0.6) is 0 Å². The summed E-state index contributed by atoms with van der Waals surface area (Å²) in [5.41, 5.74) is 6.07. The van der Waals surface area contributed by atoms with Gasteiger partial charge in [0.1, 0.15) is 0 Å². The Hall–Kier alpha value is -0.160. The molecule has 4 heteroatoms. The van der Waals surface area contributed by atoms with Crippen molar-refractivity contribution in [1.82, 2.24) is 10.3 Å². The molecule has 1 unspecified atom stereocenters. The molecule has 0 aromatic carbocycles. The number of hydrogen-bond acceptors (Lipinski definition) is 3. The summed E-state index contributed by atoms with van der Waals surface area (Å²) in [5.74, 6) is 1.91. The molecule has 0 bridgehead atoms. The predicted octanol–water partition coefficient (Wildman–Crippen LogP) is 5.96. The van der Waals surface area contributed by atoms with Crippen molar-refractivity contribution in [1.29, 1.82) is 0 Å². The SMILES string of the molecule is CCCC(CCCC1CC[N+](C)(N(C)C)CC1)CCNCCCCCCCC(C)(C)N. The van der Waals surface area contributed by atoms with Crippen LogP contribution in [0.4, 0.5) is 0 Å². The smallest absolute Gasteiger partial charge is 0.0964 e. The van der Waals surface area contributed by atoms with Gasteiger partial charge in [-0.2, -0.15) is 5.01 Å². The van der Waals surface area contributed by atoms with Gasteiger partial charge in [0, 0.05) is 32.5 Å². The first kappa shape index (κ1) is 28.9. The average molecular weight is 440 g/mol. The third-order valence-electron chi connectivity index (χ3n) is 7.83. The first-order valence-corrected chi connectivity index (χ1v) is 13.7. The molecule has 0 aliphatic carbocycles. The van der Waals surface area contributed by atoms with Gasteiger partial charge in [0.2, 0.25) is 0 Å². The molecule has 31 heavy (non-hydrogen) atoms. The maximum Gasteiger partial charge on any atom is 0.0964 e. The minimum Gasteiger partial charge on any atom is -0.326 e. The van der Waals surface area contributed by atoms with Gasteiger partial charge in [-0.15, -0.1) is 0 Å². The fourth-order valence-electron chi connectivity index (χ4n) is 5.19. The molecular weight excluding hydrogens is 380 g/mol. The van der Waals surface area contributed by atoms with E-state index in [0.717, 1.165) is 22.8 Å². The molecule has 1 fully saturated rings. The zero-order chi connectivity index (χ0) is 23.2. The number of hydrogen-bond donors (Lipinski definition) is 2. The number of piperidine rings is 1. The first-order valence-electron chi connectivity index (χ1n) is 13.7. The highest BCUT2D eigenvalue weighted by molar-refractivity contribution is 4.71. The van der Waals surface area contributed by atoms with Crippen LogP contribution in [0.3, 0.4) is 0 Å². The molecule has 1 aliphatic rings. The van der Waals surface area contributed by atoms with Crippen molar-refractivity contribution >= 4 is 0 Å². The van der Waals surface area contributed by atoms with E-state index in [9.17, 15) is 0 Å². The first-order chi connectivity index (χ1) is 14.7. The third kappa shape index (κ3) is 13.9. The van der Waals surface area contributed by atoms with Gasteiger partial charge in [0.15, 0.2) is 0 Å². The van der Waals surface area contributed by atoms with Crippen LogP contribution in [0.1, 0.15) is 111 Å². The highest BCUT2D eigenvalue weighted by atomic mass is 15.7. The molecule has 1 aliphatic heterocycles. The molecule has 1 rings (SSSR count). The average Bonchev–Trinajstić information content (AvgIpc) is 2.70. The van der Waals surface area contributed by atoms with Crippen molar-refractivity contribution in [2.24, 2.45) is 17.6 Å². The Morgan fingerprint density at radius 1 is 0.935 bits per heavy atom. The number of unbranched alkanes of at least 4 members (excludes halogenated alkanes) is 4. The van der Waals surface area contributed by atoms with E-state index in [1.165, 1.54) is 110 Å². The molecule has 4 nitrogen and oxygen atoms in total. The summed E-state index contributed by atoms with van der Waals surface area (Å²) in [6.45, 7) is 11.7. The Labute approximate surface area is 196 Å². The Kier molecular flexibility index (Phi) is 14.6. The second-order valence-corrected chi connectivity index (χ2v) is 11.7. The largest absolute Gasteiger partial charge is 0.326 e. The van der Waals surface area contributed by atoms with Crippen molar-refractivity contribution in [3.05, 3.63) is 0 Å². The van der Waals surface area contributed by atoms with E-state index in [4.69, 9.17) is 5.73 Å². The van der Waals surface area contributed by atoms with Gasteiger partial charge in [0.05, 0.1) is 20.1 Å².